The Hall–Kier alpha value is -2.28. The molecule has 0 bridgehead atoms. The van der Waals surface area contributed by atoms with E-state index in [1.807, 2.05) is 6.07 Å². The zero-order valence-electron chi connectivity index (χ0n) is 9.87. The maximum atomic E-state index is 11.8. The summed E-state index contributed by atoms with van der Waals surface area (Å²) in [6.45, 7) is 0. The second-order valence-corrected chi connectivity index (χ2v) is 5.13. The first kappa shape index (κ1) is 14.1. The van der Waals surface area contributed by atoms with E-state index >= 15 is 0 Å². The van der Waals surface area contributed by atoms with Gasteiger partial charge in [-0.1, -0.05) is 27.5 Å². The molecule has 1 aromatic carbocycles. The maximum Gasteiger partial charge on any atom is 0.268 e. The van der Waals surface area contributed by atoms with Crippen molar-refractivity contribution in [3.05, 3.63) is 49.2 Å². The summed E-state index contributed by atoms with van der Waals surface area (Å²) in [5, 5.41) is 18.8. The summed E-state index contributed by atoms with van der Waals surface area (Å²) in [5.41, 5.74) is 5.48. The van der Waals surface area contributed by atoms with E-state index in [2.05, 4.69) is 20.9 Å². The highest BCUT2D eigenvalue weighted by atomic mass is 79.9. The SMILES string of the molecule is N#Cc1c(N)[nH]c(=O)c(C#N)c1-c1cc(Cl)ccc1Br. The van der Waals surface area contributed by atoms with Gasteiger partial charge in [0, 0.05) is 20.6 Å². The van der Waals surface area contributed by atoms with Crippen molar-refractivity contribution >= 4 is 33.3 Å². The fourth-order valence-electron chi connectivity index (χ4n) is 1.80. The van der Waals surface area contributed by atoms with Gasteiger partial charge in [-0.2, -0.15) is 10.5 Å². The van der Waals surface area contributed by atoms with Crippen LogP contribution in [0.1, 0.15) is 11.1 Å². The Kier molecular flexibility index (Phi) is 3.80. The molecule has 0 saturated heterocycles. The molecule has 0 radical (unpaired) electrons. The van der Waals surface area contributed by atoms with Crippen LogP contribution in [0.4, 0.5) is 5.82 Å². The van der Waals surface area contributed by atoms with Crippen molar-refractivity contribution in [1.29, 1.82) is 10.5 Å². The molecule has 5 nitrogen and oxygen atoms in total. The standard InChI is InChI=1S/C13H6BrClN4O/c14-10-2-1-6(15)3-7(10)11-8(4-16)12(18)19-13(20)9(11)5-17/h1-3H,(H3,18,19,20). The molecule has 0 saturated carbocycles. The molecule has 2 rings (SSSR count). The van der Waals surface area contributed by atoms with Crippen molar-refractivity contribution in [2.75, 3.05) is 5.73 Å². The third-order valence-electron chi connectivity index (χ3n) is 2.67. The molecule has 3 N–H and O–H groups in total. The minimum absolute atomic E-state index is 0.0316. The molecule has 0 unspecified atom stereocenters. The van der Waals surface area contributed by atoms with Crippen LogP contribution >= 0.6 is 27.5 Å². The molecule has 0 amide bonds. The van der Waals surface area contributed by atoms with E-state index < -0.39 is 5.56 Å². The van der Waals surface area contributed by atoms with Crippen LogP contribution < -0.4 is 11.3 Å². The summed E-state index contributed by atoms with van der Waals surface area (Å²) in [6, 6.07) is 8.56. The number of nitriles is 2. The van der Waals surface area contributed by atoms with E-state index in [9.17, 15) is 10.1 Å². The number of hydrogen-bond acceptors (Lipinski definition) is 4. The number of nitrogen functional groups attached to an aromatic ring is 1. The van der Waals surface area contributed by atoms with E-state index in [0.29, 0.717) is 15.1 Å². The van der Waals surface area contributed by atoms with Crippen molar-refractivity contribution in [1.82, 2.24) is 4.98 Å². The molecule has 0 atom stereocenters. The molecular formula is C13H6BrClN4O. The van der Waals surface area contributed by atoms with Gasteiger partial charge in [-0.15, -0.1) is 0 Å². The van der Waals surface area contributed by atoms with Crippen molar-refractivity contribution in [2.45, 2.75) is 0 Å². The van der Waals surface area contributed by atoms with Crippen LogP contribution in [0.2, 0.25) is 5.02 Å². The summed E-state index contributed by atoms with van der Waals surface area (Å²) in [4.78, 5) is 14.1. The van der Waals surface area contributed by atoms with Gasteiger partial charge in [0.05, 0.1) is 0 Å². The summed E-state index contributed by atoms with van der Waals surface area (Å²) >= 11 is 9.25. The molecule has 0 aliphatic heterocycles. The van der Waals surface area contributed by atoms with Gasteiger partial charge >= 0.3 is 0 Å². The zero-order valence-corrected chi connectivity index (χ0v) is 12.2. The van der Waals surface area contributed by atoms with Gasteiger partial charge in [0.25, 0.3) is 5.56 Å². The molecule has 20 heavy (non-hydrogen) atoms. The minimum Gasteiger partial charge on any atom is -0.384 e. The lowest BCUT2D eigenvalue weighted by Crippen LogP contribution is -2.16. The summed E-state index contributed by atoms with van der Waals surface area (Å²) < 4.78 is 0.597. The first-order chi connectivity index (χ1) is 9.49. The Bertz CT molecular complexity index is 845. The lowest BCUT2D eigenvalue weighted by Gasteiger charge is -2.10. The van der Waals surface area contributed by atoms with E-state index in [1.54, 1.807) is 24.3 Å². The topological polar surface area (TPSA) is 106 Å². The van der Waals surface area contributed by atoms with E-state index in [1.165, 1.54) is 0 Å². The van der Waals surface area contributed by atoms with Crippen LogP contribution in [-0.2, 0) is 0 Å². The number of benzene rings is 1. The molecule has 1 heterocycles. The third kappa shape index (κ3) is 2.27. The number of rotatable bonds is 1. The molecule has 7 heteroatoms. The Labute approximate surface area is 127 Å². The molecule has 0 spiro atoms. The number of halogens is 2. The third-order valence-corrected chi connectivity index (χ3v) is 3.59. The van der Waals surface area contributed by atoms with Crippen LogP contribution in [0.5, 0.6) is 0 Å². The Morgan fingerprint density at radius 2 is 1.90 bits per heavy atom. The van der Waals surface area contributed by atoms with Crippen molar-refractivity contribution in [2.24, 2.45) is 0 Å². The monoisotopic (exact) mass is 348 g/mol. The van der Waals surface area contributed by atoms with Crippen LogP contribution in [0.25, 0.3) is 11.1 Å². The minimum atomic E-state index is -0.647. The van der Waals surface area contributed by atoms with E-state index in [-0.39, 0.29) is 22.5 Å². The Morgan fingerprint density at radius 3 is 2.50 bits per heavy atom. The van der Waals surface area contributed by atoms with Crippen LogP contribution in [0.3, 0.4) is 0 Å². The van der Waals surface area contributed by atoms with Crippen molar-refractivity contribution in [3.8, 4) is 23.3 Å². The highest BCUT2D eigenvalue weighted by molar-refractivity contribution is 9.10. The average Bonchev–Trinajstić information content (AvgIpc) is 2.41. The average molecular weight is 350 g/mol. The highest BCUT2D eigenvalue weighted by Gasteiger charge is 2.20. The second-order valence-electron chi connectivity index (χ2n) is 3.84. The number of aromatic amines is 1. The largest absolute Gasteiger partial charge is 0.384 e. The molecule has 0 fully saturated rings. The quantitative estimate of drug-likeness (QED) is 0.825. The van der Waals surface area contributed by atoms with Gasteiger partial charge in [-0.25, -0.2) is 0 Å². The first-order valence-corrected chi connectivity index (χ1v) is 6.48. The second kappa shape index (κ2) is 5.38. The number of anilines is 1. The number of pyridine rings is 1. The molecular weight excluding hydrogens is 344 g/mol. The Morgan fingerprint density at radius 1 is 1.25 bits per heavy atom. The fraction of sp³-hybridized carbons (Fsp3) is 0. The zero-order chi connectivity index (χ0) is 14.9. The van der Waals surface area contributed by atoms with Gasteiger partial charge in [0.2, 0.25) is 0 Å². The van der Waals surface area contributed by atoms with Gasteiger partial charge < -0.3 is 10.7 Å². The van der Waals surface area contributed by atoms with Crippen LogP contribution in [-0.4, -0.2) is 4.98 Å². The molecule has 2 aromatic rings. The molecule has 0 aliphatic carbocycles. The van der Waals surface area contributed by atoms with E-state index in [4.69, 9.17) is 22.6 Å². The van der Waals surface area contributed by atoms with Crippen molar-refractivity contribution < 1.29 is 0 Å². The molecule has 1 aromatic heterocycles. The number of nitrogens with zero attached hydrogens (tertiary/aromatic N) is 2. The summed E-state index contributed by atoms with van der Waals surface area (Å²) in [7, 11) is 0. The highest BCUT2D eigenvalue weighted by Crippen LogP contribution is 2.35. The van der Waals surface area contributed by atoms with Gasteiger partial charge in [-0.05, 0) is 18.2 Å². The normalized spacial score (nSPS) is 9.80. The lowest BCUT2D eigenvalue weighted by molar-refractivity contribution is 1.21. The van der Waals surface area contributed by atoms with Gasteiger partial charge in [-0.3, -0.25) is 4.79 Å². The fourth-order valence-corrected chi connectivity index (χ4v) is 2.42. The smallest absolute Gasteiger partial charge is 0.268 e. The Balaban J connectivity index is 3.00. The summed E-state index contributed by atoms with van der Waals surface area (Å²) in [5.74, 6) is -0.0848. The number of aromatic nitrogens is 1. The lowest BCUT2D eigenvalue weighted by atomic mass is 9.97. The van der Waals surface area contributed by atoms with Crippen molar-refractivity contribution in [3.63, 3.8) is 0 Å². The number of H-pyrrole nitrogens is 1. The summed E-state index contributed by atoms with van der Waals surface area (Å²) in [6.07, 6.45) is 0. The number of hydrogen-bond donors (Lipinski definition) is 2. The van der Waals surface area contributed by atoms with Gasteiger partial charge in [0.15, 0.2) is 0 Å². The van der Waals surface area contributed by atoms with Crippen LogP contribution in [0, 0.1) is 22.7 Å². The number of nitrogens with one attached hydrogen (secondary N) is 1. The predicted octanol–water partition coefficient (Wildman–Crippen LogP) is 2.78. The molecule has 0 aliphatic rings. The van der Waals surface area contributed by atoms with Crippen LogP contribution in [0.15, 0.2) is 27.5 Å². The number of nitrogens with two attached hydrogens (primary N) is 1. The molecule has 98 valence electrons. The maximum absolute atomic E-state index is 11.8. The van der Waals surface area contributed by atoms with Gasteiger partial charge in [0.1, 0.15) is 29.1 Å². The first-order valence-electron chi connectivity index (χ1n) is 5.31. The predicted molar refractivity (Wildman–Crippen MR) is 79.1 cm³/mol. The van der Waals surface area contributed by atoms with E-state index in [0.717, 1.165) is 0 Å².